The molecule has 1 heterocycles. The lowest BCUT2D eigenvalue weighted by Crippen LogP contribution is -2.39. The van der Waals surface area contributed by atoms with Crippen LogP contribution in [0.25, 0.3) is 0 Å². The second-order valence-corrected chi connectivity index (χ2v) is 7.08. The largest absolute Gasteiger partial charge is 0.495 e. The molecule has 2 aromatic rings. The number of hydrogen-bond acceptors (Lipinski definition) is 4. The average Bonchev–Trinajstić information content (AvgIpc) is 3.24. The lowest BCUT2D eigenvalue weighted by molar-refractivity contribution is 0.322. The highest BCUT2D eigenvalue weighted by Crippen LogP contribution is 2.31. The third-order valence-corrected chi connectivity index (χ3v) is 4.97. The Labute approximate surface area is 197 Å². The van der Waals surface area contributed by atoms with Crippen molar-refractivity contribution in [1.29, 1.82) is 0 Å². The zero-order chi connectivity index (χ0) is 20.3. The van der Waals surface area contributed by atoms with Crippen LogP contribution in [0.15, 0.2) is 59.6 Å². The van der Waals surface area contributed by atoms with E-state index in [2.05, 4.69) is 34.6 Å². The lowest BCUT2D eigenvalue weighted by Gasteiger charge is -2.21. The predicted octanol–water partition coefficient (Wildman–Crippen LogP) is 3.77. The molecule has 0 aliphatic carbocycles. The smallest absolute Gasteiger partial charge is 0.191 e. The Morgan fingerprint density at radius 3 is 2.63 bits per heavy atom. The van der Waals surface area contributed by atoms with Crippen LogP contribution in [0.1, 0.15) is 13.3 Å². The first-order chi connectivity index (χ1) is 14.3. The second-order valence-electron chi connectivity index (χ2n) is 7.08. The van der Waals surface area contributed by atoms with E-state index in [1.165, 1.54) is 5.69 Å². The van der Waals surface area contributed by atoms with Gasteiger partial charge in [0, 0.05) is 26.2 Å². The van der Waals surface area contributed by atoms with E-state index in [9.17, 15) is 0 Å². The van der Waals surface area contributed by atoms with Crippen LogP contribution in [-0.4, -0.2) is 52.4 Å². The number of hydrogen-bond donors (Lipinski definition) is 2. The van der Waals surface area contributed by atoms with Gasteiger partial charge in [0.15, 0.2) is 5.96 Å². The summed E-state index contributed by atoms with van der Waals surface area (Å²) in [7, 11) is 1.73. The maximum Gasteiger partial charge on any atom is 0.191 e. The van der Waals surface area contributed by atoms with Crippen molar-refractivity contribution in [3.63, 3.8) is 0 Å². The summed E-state index contributed by atoms with van der Waals surface area (Å²) in [5.41, 5.74) is 1.17. The highest BCUT2D eigenvalue weighted by Gasteiger charge is 2.24. The molecule has 164 valence electrons. The van der Waals surface area contributed by atoms with Crippen molar-refractivity contribution in [1.82, 2.24) is 10.6 Å². The molecule has 3 rings (SSSR count). The maximum absolute atomic E-state index is 5.73. The van der Waals surface area contributed by atoms with E-state index in [1.54, 1.807) is 7.11 Å². The van der Waals surface area contributed by atoms with Crippen LogP contribution >= 0.6 is 24.0 Å². The number of nitrogens with one attached hydrogen (secondary N) is 2. The van der Waals surface area contributed by atoms with Gasteiger partial charge in [0.1, 0.15) is 18.1 Å². The summed E-state index contributed by atoms with van der Waals surface area (Å²) in [5.74, 6) is 3.21. The number of para-hydroxylation sites is 3. The number of methoxy groups -OCH3 is 1. The molecule has 7 heteroatoms. The van der Waals surface area contributed by atoms with E-state index in [0.29, 0.717) is 19.1 Å². The molecule has 1 saturated heterocycles. The van der Waals surface area contributed by atoms with Crippen LogP contribution in [0.4, 0.5) is 5.69 Å². The molecule has 1 atom stereocenters. The Bertz CT molecular complexity index is 773. The molecule has 0 bridgehead atoms. The molecule has 1 aliphatic heterocycles. The van der Waals surface area contributed by atoms with Crippen LogP contribution in [0.2, 0.25) is 0 Å². The molecule has 0 aromatic heterocycles. The number of anilines is 1. The standard InChI is InChI=1S/C23H32N4O2.HI/c1-3-24-23(25-14-16-29-20-9-5-4-6-10-20)26-17-19-13-15-27(18-19)21-11-7-8-12-22(21)28-2;/h4-12,19H,3,13-18H2,1-2H3,(H2,24,25,26);1H. The molecule has 0 saturated carbocycles. The fraction of sp³-hybridized carbons (Fsp3) is 0.435. The molecule has 1 aliphatic rings. The van der Waals surface area contributed by atoms with Crippen molar-refractivity contribution in [2.24, 2.45) is 10.9 Å². The molecule has 30 heavy (non-hydrogen) atoms. The van der Waals surface area contributed by atoms with Gasteiger partial charge in [-0.1, -0.05) is 30.3 Å². The van der Waals surface area contributed by atoms with E-state index in [-0.39, 0.29) is 24.0 Å². The summed E-state index contributed by atoms with van der Waals surface area (Å²) < 4.78 is 11.2. The maximum atomic E-state index is 5.73. The monoisotopic (exact) mass is 524 g/mol. The van der Waals surface area contributed by atoms with Crippen molar-refractivity contribution in [3.05, 3.63) is 54.6 Å². The van der Waals surface area contributed by atoms with Crippen molar-refractivity contribution in [3.8, 4) is 11.5 Å². The number of ether oxygens (including phenoxy) is 2. The van der Waals surface area contributed by atoms with E-state index in [4.69, 9.17) is 14.5 Å². The molecular weight excluding hydrogens is 491 g/mol. The molecular formula is C23H33IN4O2. The number of rotatable bonds is 9. The molecule has 6 nitrogen and oxygen atoms in total. The summed E-state index contributed by atoms with van der Waals surface area (Å²) in [6.45, 7) is 7.06. The summed E-state index contributed by atoms with van der Waals surface area (Å²) in [5, 5.41) is 6.67. The summed E-state index contributed by atoms with van der Waals surface area (Å²) in [6, 6.07) is 18.1. The van der Waals surface area contributed by atoms with Gasteiger partial charge in [0.2, 0.25) is 0 Å². The van der Waals surface area contributed by atoms with Gasteiger partial charge in [-0.3, -0.25) is 4.99 Å². The minimum absolute atomic E-state index is 0. The van der Waals surface area contributed by atoms with Crippen molar-refractivity contribution >= 4 is 35.6 Å². The summed E-state index contributed by atoms with van der Waals surface area (Å²) in [4.78, 5) is 7.19. The van der Waals surface area contributed by atoms with Gasteiger partial charge in [0.05, 0.1) is 19.3 Å². The first-order valence-electron chi connectivity index (χ1n) is 10.4. The first-order valence-corrected chi connectivity index (χ1v) is 10.4. The van der Waals surface area contributed by atoms with Gasteiger partial charge >= 0.3 is 0 Å². The lowest BCUT2D eigenvalue weighted by atomic mass is 10.1. The average molecular weight is 524 g/mol. The SMILES string of the molecule is CCNC(=NCC1CCN(c2ccccc2OC)C1)NCCOc1ccccc1.I. The molecule has 0 radical (unpaired) electrons. The van der Waals surface area contributed by atoms with Crippen LogP contribution in [0.3, 0.4) is 0 Å². The van der Waals surface area contributed by atoms with Gasteiger partial charge < -0.3 is 25.0 Å². The minimum Gasteiger partial charge on any atom is -0.495 e. The fourth-order valence-electron chi connectivity index (χ4n) is 3.51. The van der Waals surface area contributed by atoms with E-state index in [0.717, 1.165) is 50.1 Å². The third kappa shape index (κ3) is 7.27. The summed E-state index contributed by atoms with van der Waals surface area (Å²) in [6.07, 6.45) is 1.14. The Morgan fingerprint density at radius 1 is 1.10 bits per heavy atom. The molecule has 0 spiro atoms. The van der Waals surface area contributed by atoms with E-state index in [1.807, 2.05) is 42.5 Å². The number of guanidine groups is 1. The van der Waals surface area contributed by atoms with Gasteiger partial charge in [-0.05, 0) is 43.5 Å². The second kappa shape index (κ2) is 13.2. The third-order valence-electron chi connectivity index (χ3n) is 4.97. The summed E-state index contributed by atoms with van der Waals surface area (Å²) >= 11 is 0. The first kappa shape index (κ1) is 24.1. The van der Waals surface area contributed by atoms with E-state index >= 15 is 0 Å². The van der Waals surface area contributed by atoms with Crippen LogP contribution in [-0.2, 0) is 0 Å². The Hall–Kier alpha value is -2.16. The van der Waals surface area contributed by atoms with Crippen molar-refractivity contribution in [2.75, 3.05) is 51.3 Å². The Balaban J connectivity index is 0.00000320. The van der Waals surface area contributed by atoms with Crippen LogP contribution in [0, 0.1) is 5.92 Å². The van der Waals surface area contributed by atoms with Crippen molar-refractivity contribution in [2.45, 2.75) is 13.3 Å². The topological polar surface area (TPSA) is 58.1 Å². The molecule has 1 fully saturated rings. The quantitative estimate of drug-likeness (QED) is 0.227. The number of nitrogens with zero attached hydrogens (tertiary/aromatic N) is 2. The van der Waals surface area contributed by atoms with Gasteiger partial charge in [0.25, 0.3) is 0 Å². The number of halogens is 1. The zero-order valence-electron chi connectivity index (χ0n) is 17.8. The Morgan fingerprint density at radius 2 is 1.87 bits per heavy atom. The van der Waals surface area contributed by atoms with Gasteiger partial charge in [-0.25, -0.2) is 0 Å². The Kier molecular flexibility index (Phi) is 10.6. The van der Waals surface area contributed by atoms with Crippen LogP contribution < -0.4 is 25.0 Å². The highest BCUT2D eigenvalue weighted by atomic mass is 127. The minimum atomic E-state index is 0. The van der Waals surface area contributed by atoms with Gasteiger partial charge in [-0.2, -0.15) is 0 Å². The molecule has 2 N–H and O–H groups in total. The molecule has 2 aromatic carbocycles. The van der Waals surface area contributed by atoms with E-state index < -0.39 is 0 Å². The molecule has 0 amide bonds. The zero-order valence-corrected chi connectivity index (χ0v) is 20.2. The predicted molar refractivity (Wildman–Crippen MR) is 135 cm³/mol. The highest BCUT2D eigenvalue weighted by molar-refractivity contribution is 14.0. The number of aliphatic imine (C=N–C) groups is 1. The fourth-order valence-corrected chi connectivity index (χ4v) is 3.51. The normalized spacial score (nSPS) is 16.0. The van der Waals surface area contributed by atoms with Crippen molar-refractivity contribution < 1.29 is 9.47 Å². The van der Waals surface area contributed by atoms with Crippen LogP contribution in [0.5, 0.6) is 11.5 Å². The molecule has 1 unspecified atom stereocenters. The number of benzene rings is 2. The van der Waals surface area contributed by atoms with Gasteiger partial charge in [-0.15, -0.1) is 24.0 Å².